The molecule has 94 valence electrons. The maximum Gasteiger partial charge on any atom is 0.120 e. The lowest BCUT2D eigenvalue weighted by atomic mass is 9.78. The van der Waals surface area contributed by atoms with Crippen molar-refractivity contribution >= 4 is 6.29 Å². The monoisotopic (exact) mass is 224 g/mol. The molecule has 0 saturated heterocycles. The molecule has 0 spiro atoms. The molecule has 0 aromatic heterocycles. The first-order valence-electron chi connectivity index (χ1n) is 6.61. The Morgan fingerprint density at radius 1 is 1.19 bits per heavy atom. The number of unbranched alkanes of at least 4 members (excludes halogenated alkanes) is 2. The summed E-state index contributed by atoms with van der Waals surface area (Å²) in [5, 5.41) is 0. The molecule has 0 bridgehead atoms. The van der Waals surface area contributed by atoms with E-state index in [9.17, 15) is 4.79 Å². The normalized spacial score (nSPS) is 14.2. The van der Waals surface area contributed by atoms with Crippen molar-refractivity contribution in [2.24, 2.45) is 5.41 Å². The first-order chi connectivity index (χ1) is 7.54. The van der Waals surface area contributed by atoms with Gasteiger partial charge in [-0.15, -0.1) is 0 Å². The molecule has 0 heterocycles. The zero-order valence-electron chi connectivity index (χ0n) is 11.5. The van der Waals surface area contributed by atoms with Gasteiger partial charge in [0.15, 0.2) is 0 Å². The van der Waals surface area contributed by atoms with Crippen molar-refractivity contribution < 1.29 is 4.79 Å². The number of aldehydes is 1. The smallest absolute Gasteiger partial charge is 0.120 e. The van der Waals surface area contributed by atoms with E-state index in [0.717, 1.165) is 19.1 Å². The van der Waals surface area contributed by atoms with E-state index in [1.165, 1.54) is 31.3 Å². The van der Waals surface area contributed by atoms with Gasteiger partial charge in [-0.25, -0.2) is 0 Å². The van der Waals surface area contributed by atoms with Crippen molar-refractivity contribution in [1.29, 1.82) is 0 Å². The molecule has 0 aliphatic heterocycles. The summed E-state index contributed by atoms with van der Waals surface area (Å²) in [5.41, 5.74) is 1.60. The van der Waals surface area contributed by atoms with E-state index in [4.69, 9.17) is 0 Å². The number of allylic oxidation sites excluding steroid dienone is 2. The van der Waals surface area contributed by atoms with Crippen LogP contribution >= 0.6 is 0 Å². The molecule has 1 atom stereocenters. The molecule has 0 N–H and O–H groups in total. The highest BCUT2D eigenvalue weighted by Gasteiger charge is 2.22. The van der Waals surface area contributed by atoms with E-state index in [2.05, 4.69) is 33.8 Å². The van der Waals surface area contributed by atoms with Crippen LogP contribution in [0.15, 0.2) is 11.6 Å². The van der Waals surface area contributed by atoms with Crippen molar-refractivity contribution in [3.63, 3.8) is 0 Å². The van der Waals surface area contributed by atoms with Crippen molar-refractivity contribution in [1.82, 2.24) is 0 Å². The molecular formula is C15H28O. The molecule has 0 aromatic rings. The third kappa shape index (κ3) is 7.67. The van der Waals surface area contributed by atoms with Crippen LogP contribution in [0.25, 0.3) is 0 Å². The van der Waals surface area contributed by atoms with Crippen LogP contribution in [0, 0.1) is 5.41 Å². The third-order valence-electron chi connectivity index (χ3n) is 3.26. The van der Waals surface area contributed by atoms with E-state index in [0.29, 0.717) is 6.42 Å². The minimum Gasteiger partial charge on any atom is -0.303 e. The second-order valence-electron chi connectivity index (χ2n) is 5.46. The third-order valence-corrected chi connectivity index (χ3v) is 3.26. The molecule has 0 rings (SSSR count). The van der Waals surface area contributed by atoms with Crippen LogP contribution < -0.4 is 0 Å². The fraction of sp³-hybridized carbons (Fsp3) is 0.800. The van der Waals surface area contributed by atoms with Crippen molar-refractivity contribution in [3.05, 3.63) is 11.6 Å². The van der Waals surface area contributed by atoms with Gasteiger partial charge in [-0.3, -0.25) is 0 Å². The van der Waals surface area contributed by atoms with Crippen molar-refractivity contribution in [2.75, 3.05) is 0 Å². The van der Waals surface area contributed by atoms with E-state index >= 15 is 0 Å². The highest BCUT2D eigenvalue weighted by Crippen LogP contribution is 2.33. The predicted molar refractivity (Wildman–Crippen MR) is 71.6 cm³/mol. The van der Waals surface area contributed by atoms with Gasteiger partial charge >= 0.3 is 0 Å². The minimum atomic E-state index is 0.225. The molecule has 0 radical (unpaired) electrons. The Morgan fingerprint density at radius 2 is 1.88 bits per heavy atom. The van der Waals surface area contributed by atoms with Gasteiger partial charge in [-0.05, 0) is 38.5 Å². The van der Waals surface area contributed by atoms with Gasteiger partial charge in [0.2, 0.25) is 0 Å². The first kappa shape index (κ1) is 15.4. The summed E-state index contributed by atoms with van der Waals surface area (Å²) in [4.78, 5) is 10.7. The zero-order valence-corrected chi connectivity index (χ0v) is 11.5. The summed E-state index contributed by atoms with van der Waals surface area (Å²) in [6.45, 7) is 8.75. The second-order valence-corrected chi connectivity index (χ2v) is 5.46. The molecule has 1 nitrogen and oxygen atoms in total. The van der Waals surface area contributed by atoms with Gasteiger partial charge in [0.1, 0.15) is 6.29 Å². The number of rotatable bonds is 9. The van der Waals surface area contributed by atoms with Crippen LogP contribution in [-0.4, -0.2) is 6.29 Å². The number of hydrogen-bond acceptors (Lipinski definition) is 1. The maximum atomic E-state index is 10.7. The molecule has 0 amide bonds. The van der Waals surface area contributed by atoms with Gasteiger partial charge in [-0.2, -0.15) is 0 Å². The fourth-order valence-corrected chi connectivity index (χ4v) is 2.04. The van der Waals surface area contributed by atoms with E-state index in [-0.39, 0.29) is 5.41 Å². The van der Waals surface area contributed by atoms with Gasteiger partial charge < -0.3 is 4.79 Å². The van der Waals surface area contributed by atoms with Crippen LogP contribution in [0.5, 0.6) is 0 Å². The molecule has 0 aromatic carbocycles. The van der Waals surface area contributed by atoms with Crippen molar-refractivity contribution in [3.8, 4) is 0 Å². The summed E-state index contributed by atoms with van der Waals surface area (Å²) >= 11 is 0. The Bertz CT molecular complexity index is 213. The SMILES string of the molecule is CCCCC[C@@](C)(CC=O)CCC=C(C)C. The lowest BCUT2D eigenvalue weighted by Gasteiger charge is -2.27. The van der Waals surface area contributed by atoms with E-state index < -0.39 is 0 Å². The molecule has 0 fully saturated rings. The molecular weight excluding hydrogens is 196 g/mol. The quantitative estimate of drug-likeness (QED) is 0.309. The number of carbonyl (C=O) groups is 1. The molecule has 1 heteroatoms. The summed E-state index contributed by atoms with van der Waals surface area (Å²) < 4.78 is 0. The fourth-order valence-electron chi connectivity index (χ4n) is 2.04. The molecule has 0 aliphatic rings. The zero-order chi connectivity index (χ0) is 12.4. The van der Waals surface area contributed by atoms with Gasteiger partial charge in [0, 0.05) is 6.42 Å². The molecule has 0 unspecified atom stereocenters. The Labute approximate surface area is 101 Å². The van der Waals surface area contributed by atoms with Gasteiger partial charge in [0.25, 0.3) is 0 Å². The van der Waals surface area contributed by atoms with Crippen LogP contribution in [0.1, 0.15) is 72.6 Å². The second kappa shape index (κ2) is 8.55. The van der Waals surface area contributed by atoms with Crippen LogP contribution in [0.2, 0.25) is 0 Å². The molecule has 16 heavy (non-hydrogen) atoms. The standard InChI is InChI=1S/C15H28O/c1-5-6-7-10-15(4,12-13-16)11-8-9-14(2)3/h9,13H,5-8,10-12H2,1-4H3/t15-/m1/s1. The maximum absolute atomic E-state index is 10.7. The lowest BCUT2D eigenvalue weighted by molar-refractivity contribution is -0.109. The first-order valence-corrected chi connectivity index (χ1v) is 6.61. The van der Waals surface area contributed by atoms with E-state index in [1.807, 2.05) is 0 Å². The highest BCUT2D eigenvalue weighted by atomic mass is 16.1. The van der Waals surface area contributed by atoms with Crippen LogP contribution in [-0.2, 0) is 4.79 Å². The average Bonchev–Trinajstić information content (AvgIpc) is 2.18. The lowest BCUT2D eigenvalue weighted by Crippen LogP contribution is -2.16. The van der Waals surface area contributed by atoms with Gasteiger partial charge in [0.05, 0.1) is 0 Å². The largest absolute Gasteiger partial charge is 0.303 e. The summed E-state index contributed by atoms with van der Waals surface area (Å²) in [7, 11) is 0. The predicted octanol–water partition coefficient (Wildman–Crippen LogP) is 4.91. The van der Waals surface area contributed by atoms with Gasteiger partial charge in [-0.1, -0.05) is 44.8 Å². The Hall–Kier alpha value is -0.590. The number of carbonyl (C=O) groups excluding carboxylic acids is 1. The van der Waals surface area contributed by atoms with Crippen LogP contribution in [0.3, 0.4) is 0 Å². The molecule has 0 saturated carbocycles. The number of hydrogen-bond donors (Lipinski definition) is 0. The average molecular weight is 224 g/mol. The summed E-state index contributed by atoms with van der Waals surface area (Å²) in [5.74, 6) is 0. The van der Waals surface area contributed by atoms with Crippen molar-refractivity contribution in [2.45, 2.75) is 72.6 Å². The Morgan fingerprint density at radius 3 is 2.38 bits per heavy atom. The highest BCUT2D eigenvalue weighted by molar-refractivity contribution is 5.50. The van der Waals surface area contributed by atoms with Crippen LogP contribution in [0.4, 0.5) is 0 Å². The van der Waals surface area contributed by atoms with E-state index in [1.54, 1.807) is 0 Å². The Balaban J connectivity index is 4.09. The summed E-state index contributed by atoms with van der Waals surface area (Å²) in [6, 6.07) is 0. The Kier molecular flexibility index (Phi) is 8.23. The molecule has 0 aliphatic carbocycles. The minimum absolute atomic E-state index is 0.225. The summed E-state index contributed by atoms with van der Waals surface area (Å²) in [6.07, 6.45) is 11.3. The topological polar surface area (TPSA) is 17.1 Å².